The summed E-state index contributed by atoms with van der Waals surface area (Å²) in [5, 5.41) is 0. The molecule has 1 aromatic carbocycles. The Labute approximate surface area is 157 Å². The normalized spacial score (nSPS) is 15.9. The van der Waals surface area contributed by atoms with Crippen molar-refractivity contribution in [3.8, 4) is 11.5 Å². The molecular weight excluding hydrogens is 354 g/mol. The molecule has 1 amide bonds. The Bertz CT molecular complexity index is 814. The lowest BCUT2D eigenvalue weighted by Gasteiger charge is -2.34. The van der Waals surface area contributed by atoms with Crippen LogP contribution in [0.5, 0.6) is 0 Å². The Morgan fingerprint density at radius 2 is 1.85 bits per heavy atom. The molecule has 0 unspecified atom stereocenters. The van der Waals surface area contributed by atoms with Crippen molar-refractivity contribution in [1.82, 2.24) is 19.7 Å². The number of oxazole rings is 1. The highest BCUT2D eigenvalue weighted by Gasteiger charge is 2.22. The lowest BCUT2D eigenvalue weighted by molar-refractivity contribution is -0.130. The Kier molecular flexibility index (Phi) is 5.86. The zero-order valence-corrected chi connectivity index (χ0v) is 15.8. The monoisotopic (exact) mass is 378 g/mol. The largest absolute Gasteiger partial charge is 0.441 e. The maximum Gasteiger partial charge on any atom is 0.236 e. The second-order valence-corrected chi connectivity index (χ2v) is 6.99. The number of hydrogen-bond donors (Lipinski definition) is 0. The first-order valence-corrected chi connectivity index (χ1v) is 8.90. The van der Waals surface area contributed by atoms with Gasteiger partial charge in [-0.1, -0.05) is 0 Å². The summed E-state index contributed by atoms with van der Waals surface area (Å²) in [6.07, 6.45) is 0. The topological polar surface area (TPSA) is 52.8 Å². The van der Waals surface area contributed by atoms with Gasteiger partial charge in [-0.2, -0.15) is 0 Å². The van der Waals surface area contributed by atoms with Gasteiger partial charge < -0.3 is 9.32 Å². The molecule has 8 heteroatoms. The van der Waals surface area contributed by atoms with Crippen LogP contribution in [-0.2, 0) is 11.3 Å². The first kappa shape index (κ1) is 19.4. The number of carbonyl (C=O) groups is 1. The molecule has 0 N–H and O–H groups in total. The van der Waals surface area contributed by atoms with Crippen LogP contribution in [0.25, 0.3) is 11.5 Å². The van der Waals surface area contributed by atoms with Gasteiger partial charge >= 0.3 is 0 Å². The Morgan fingerprint density at radius 3 is 2.52 bits per heavy atom. The molecule has 1 aliphatic heterocycles. The summed E-state index contributed by atoms with van der Waals surface area (Å²) in [4.78, 5) is 22.1. The van der Waals surface area contributed by atoms with Gasteiger partial charge in [0.05, 0.1) is 17.8 Å². The van der Waals surface area contributed by atoms with Gasteiger partial charge in [-0.25, -0.2) is 13.8 Å². The van der Waals surface area contributed by atoms with Crippen molar-refractivity contribution in [1.29, 1.82) is 0 Å². The lowest BCUT2D eigenvalue weighted by Crippen LogP contribution is -2.49. The Balaban J connectivity index is 1.62. The number of piperazine rings is 1. The highest BCUT2D eigenvalue weighted by molar-refractivity contribution is 5.77. The van der Waals surface area contributed by atoms with Crippen LogP contribution in [0, 0.1) is 18.6 Å². The van der Waals surface area contributed by atoms with E-state index in [0.29, 0.717) is 24.5 Å². The minimum atomic E-state index is -0.566. The maximum absolute atomic E-state index is 13.9. The number of hydrogen-bond acceptors (Lipinski definition) is 5. The molecule has 0 spiro atoms. The molecule has 1 fully saturated rings. The highest BCUT2D eigenvalue weighted by atomic mass is 19.1. The van der Waals surface area contributed by atoms with Gasteiger partial charge in [-0.3, -0.25) is 14.6 Å². The van der Waals surface area contributed by atoms with E-state index in [1.807, 2.05) is 0 Å². The minimum absolute atomic E-state index is 0.0244. The number of benzene rings is 1. The predicted molar refractivity (Wildman–Crippen MR) is 97.0 cm³/mol. The third-order valence-electron chi connectivity index (χ3n) is 4.75. The Hall–Kier alpha value is -2.32. The molecule has 3 rings (SSSR count). The summed E-state index contributed by atoms with van der Waals surface area (Å²) >= 11 is 0. The van der Waals surface area contributed by atoms with E-state index in [1.165, 1.54) is 0 Å². The Morgan fingerprint density at radius 1 is 1.19 bits per heavy atom. The number of amides is 1. The van der Waals surface area contributed by atoms with Crippen molar-refractivity contribution in [3.63, 3.8) is 0 Å². The van der Waals surface area contributed by atoms with E-state index in [0.717, 1.165) is 44.4 Å². The molecule has 2 aromatic rings. The number of aryl methyl sites for hydroxylation is 1. The zero-order chi connectivity index (χ0) is 19.6. The van der Waals surface area contributed by atoms with E-state index in [9.17, 15) is 13.6 Å². The quantitative estimate of drug-likeness (QED) is 0.798. The van der Waals surface area contributed by atoms with Crippen molar-refractivity contribution >= 4 is 5.91 Å². The summed E-state index contributed by atoms with van der Waals surface area (Å²) in [6.45, 7) is 5.96. The van der Waals surface area contributed by atoms with E-state index in [2.05, 4.69) is 14.8 Å². The van der Waals surface area contributed by atoms with Gasteiger partial charge in [-0.15, -0.1) is 0 Å². The van der Waals surface area contributed by atoms with Gasteiger partial charge in [0.15, 0.2) is 0 Å². The van der Waals surface area contributed by atoms with Gasteiger partial charge in [0.25, 0.3) is 0 Å². The molecule has 0 atom stereocenters. The summed E-state index contributed by atoms with van der Waals surface area (Å²) in [7, 11) is 3.51. The number of nitrogens with zero attached hydrogens (tertiary/aromatic N) is 4. The van der Waals surface area contributed by atoms with Crippen molar-refractivity contribution in [2.24, 2.45) is 0 Å². The summed E-state index contributed by atoms with van der Waals surface area (Å²) in [5.41, 5.74) is 0.739. The fraction of sp³-hybridized carbons (Fsp3) is 0.474. The lowest BCUT2D eigenvalue weighted by atomic mass is 10.2. The fourth-order valence-electron chi connectivity index (χ4n) is 3.00. The van der Waals surface area contributed by atoms with E-state index in [4.69, 9.17) is 4.42 Å². The van der Waals surface area contributed by atoms with E-state index < -0.39 is 11.6 Å². The van der Waals surface area contributed by atoms with Crippen LogP contribution in [0.2, 0.25) is 0 Å². The third-order valence-corrected chi connectivity index (χ3v) is 4.75. The summed E-state index contributed by atoms with van der Waals surface area (Å²) < 4.78 is 32.9. The first-order valence-electron chi connectivity index (χ1n) is 8.90. The molecule has 1 saturated heterocycles. The van der Waals surface area contributed by atoms with E-state index in [1.54, 1.807) is 25.9 Å². The van der Waals surface area contributed by atoms with Crippen LogP contribution < -0.4 is 0 Å². The fourth-order valence-corrected chi connectivity index (χ4v) is 3.00. The molecule has 0 saturated carbocycles. The summed E-state index contributed by atoms with van der Waals surface area (Å²) in [6, 6.07) is 3.22. The van der Waals surface area contributed by atoms with Crippen molar-refractivity contribution in [2.75, 3.05) is 46.8 Å². The maximum atomic E-state index is 13.9. The predicted octanol–water partition coefficient (Wildman–Crippen LogP) is 2.13. The van der Waals surface area contributed by atoms with Crippen LogP contribution >= 0.6 is 0 Å². The van der Waals surface area contributed by atoms with Crippen molar-refractivity contribution in [3.05, 3.63) is 41.3 Å². The van der Waals surface area contributed by atoms with Gasteiger partial charge in [0, 0.05) is 46.8 Å². The first-order chi connectivity index (χ1) is 12.8. The number of likely N-dealkylation sites (N-methyl/N-ethyl adjacent to an activating group) is 1. The number of carbonyl (C=O) groups excluding carboxylic acids is 1. The van der Waals surface area contributed by atoms with Crippen LogP contribution in [0.3, 0.4) is 0 Å². The highest BCUT2D eigenvalue weighted by Crippen LogP contribution is 2.26. The van der Waals surface area contributed by atoms with Gasteiger partial charge in [0.2, 0.25) is 11.8 Å². The standard InChI is InChI=1S/C19H24F2N4O2/c1-13-17(22-19(27-13)15-10-14(20)4-5-16(15)21)11-24-6-8-25(9-7-24)12-18(26)23(2)3/h4-5,10H,6-9,11-12H2,1-3H3. The molecule has 0 aliphatic carbocycles. The molecule has 0 bridgehead atoms. The zero-order valence-electron chi connectivity index (χ0n) is 15.8. The van der Waals surface area contributed by atoms with Crippen LogP contribution in [-0.4, -0.2) is 72.4 Å². The van der Waals surface area contributed by atoms with E-state index in [-0.39, 0.29) is 17.4 Å². The SMILES string of the molecule is Cc1oc(-c2cc(F)ccc2F)nc1CN1CCN(CC(=O)N(C)C)CC1. The number of halogens is 2. The van der Waals surface area contributed by atoms with Crippen LogP contribution in [0.15, 0.2) is 22.6 Å². The van der Waals surface area contributed by atoms with Gasteiger partial charge in [-0.05, 0) is 25.1 Å². The van der Waals surface area contributed by atoms with Gasteiger partial charge in [0.1, 0.15) is 17.4 Å². The van der Waals surface area contributed by atoms with Crippen molar-refractivity contribution in [2.45, 2.75) is 13.5 Å². The van der Waals surface area contributed by atoms with Crippen molar-refractivity contribution < 1.29 is 18.0 Å². The molecular formula is C19H24F2N4O2. The second-order valence-electron chi connectivity index (χ2n) is 6.99. The van der Waals surface area contributed by atoms with E-state index >= 15 is 0 Å². The van der Waals surface area contributed by atoms with Crippen LogP contribution in [0.4, 0.5) is 8.78 Å². The number of aromatic nitrogens is 1. The molecule has 0 radical (unpaired) electrons. The molecule has 2 heterocycles. The number of rotatable bonds is 5. The second kappa shape index (κ2) is 8.14. The van der Waals surface area contributed by atoms with Crippen LogP contribution in [0.1, 0.15) is 11.5 Å². The molecule has 1 aliphatic rings. The smallest absolute Gasteiger partial charge is 0.236 e. The third kappa shape index (κ3) is 4.70. The molecule has 1 aromatic heterocycles. The minimum Gasteiger partial charge on any atom is -0.441 e. The summed E-state index contributed by atoms with van der Waals surface area (Å²) in [5.74, 6) is -0.318. The average molecular weight is 378 g/mol. The average Bonchev–Trinajstić information content (AvgIpc) is 2.99. The molecule has 27 heavy (non-hydrogen) atoms. The molecule has 6 nitrogen and oxygen atoms in total. The molecule has 146 valence electrons.